The Bertz CT molecular complexity index is 1120. The number of rotatable bonds is 6. The van der Waals surface area contributed by atoms with Gasteiger partial charge in [-0.3, -0.25) is 4.98 Å². The minimum atomic E-state index is -0.278. The molecule has 0 unspecified atom stereocenters. The number of methoxy groups -OCH3 is 2. The van der Waals surface area contributed by atoms with Crippen molar-refractivity contribution in [2.24, 2.45) is 0 Å². The summed E-state index contributed by atoms with van der Waals surface area (Å²) in [6.07, 6.45) is 2.94. The van der Waals surface area contributed by atoms with E-state index in [2.05, 4.69) is 20.3 Å². The molecule has 1 N–H and O–H groups in total. The topological polar surface area (TPSA) is 108 Å². The van der Waals surface area contributed by atoms with E-state index in [0.29, 0.717) is 53.8 Å². The zero-order valence-corrected chi connectivity index (χ0v) is 19.7. The lowest BCUT2D eigenvalue weighted by atomic mass is 10.1. The summed E-state index contributed by atoms with van der Waals surface area (Å²) in [5, 5.41) is 2.64. The maximum atomic E-state index is 11.9. The number of fused-ring (bicyclic) bond motifs is 1. The molecule has 10 nitrogen and oxygen atoms in total. The number of carbonyl (C=O) groups is 1. The zero-order chi connectivity index (χ0) is 22.5. The number of urea groups is 1. The Morgan fingerprint density at radius 1 is 1.18 bits per heavy atom. The summed E-state index contributed by atoms with van der Waals surface area (Å²) in [4.78, 5) is 27.1. The molecule has 0 bridgehead atoms. The summed E-state index contributed by atoms with van der Waals surface area (Å²) in [6.45, 7) is 1.64. The third-order valence-corrected chi connectivity index (χ3v) is 5.15. The number of hydrogen-bond donors (Lipinski definition) is 1. The zero-order valence-electron chi connectivity index (χ0n) is 18.7. The smallest absolute Gasteiger partial charge is 0.317 e. The Morgan fingerprint density at radius 3 is 2.73 bits per heavy atom. The van der Waals surface area contributed by atoms with Crippen LogP contribution >= 0.6 is 13.5 Å². The predicted molar refractivity (Wildman–Crippen MR) is 128 cm³/mol. The summed E-state index contributed by atoms with van der Waals surface area (Å²) >= 11 is 0. The normalized spacial score (nSPS) is 15.5. The van der Waals surface area contributed by atoms with Crippen LogP contribution in [0.15, 0.2) is 36.7 Å². The minimum Gasteiger partial charge on any atom is -0.493 e. The first kappa shape index (κ1) is 24.3. The van der Waals surface area contributed by atoms with Gasteiger partial charge in [0.15, 0.2) is 17.0 Å². The Hall–Kier alpha value is -3.31. The van der Waals surface area contributed by atoms with E-state index in [1.807, 2.05) is 24.3 Å². The summed E-state index contributed by atoms with van der Waals surface area (Å²) in [5.41, 5.74) is 2.68. The first-order valence-corrected chi connectivity index (χ1v) is 10.2. The van der Waals surface area contributed by atoms with E-state index in [1.54, 1.807) is 38.6 Å². The number of benzene rings is 1. The fourth-order valence-corrected chi connectivity index (χ4v) is 3.52. The van der Waals surface area contributed by atoms with Gasteiger partial charge < -0.3 is 29.2 Å². The van der Waals surface area contributed by atoms with E-state index < -0.39 is 0 Å². The van der Waals surface area contributed by atoms with Gasteiger partial charge in [-0.1, -0.05) is 0 Å². The molecule has 1 atom stereocenters. The van der Waals surface area contributed by atoms with Crippen molar-refractivity contribution in [3.8, 4) is 28.6 Å². The average Bonchev–Trinajstić information content (AvgIpc) is 2.86. The monoisotopic (exact) mass is 473 g/mol. The molecule has 1 saturated heterocycles. The van der Waals surface area contributed by atoms with Crippen molar-refractivity contribution in [1.29, 1.82) is 0 Å². The number of amides is 2. The molecule has 4 rings (SSSR count). The van der Waals surface area contributed by atoms with Crippen LogP contribution in [0.4, 0.5) is 4.79 Å². The molecule has 0 aliphatic carbocycles. The van der Waals surface area contributed by atoms with Gasteiger partial charge in [-0.15, -0.1) is 0 Å². The Balaban J connectivity index is 0.00000306. The van der Waals surface area contributed by atoms with E-state index >= 15 is 0 Å². The van der Waals surface area contributed by atoms with Gasteiger partial charge in [-0.2, -0.15) is 13.5 Å². The molecule has 176 valence electrons. The van der Waals surface area contributed by atoms with E-state index in [4.69, 9.17) is 18.9 Å². The van der Waals surface area contributed by atoms with Crippen molar-refractivity contribution >= 4 is 30.6 Å². The van der Waals surface area contributed by atoms with Crippen LogP contribution in [0.2, 0.25) is 0 Å². The molecular weight excluding hydrogens is 446 g/mol. The summed E-state index contributed by atoms with van der Waals surface area (Å²) in [6, 6.07) is 7.27. The summed E-state index contributed by atoms with van der Waals surface area (Å²) in [5.74, 6) is 1.57. The van der Waals surface area contributed by atoms with Gasteiger partial charge in [0.2, 0.25) is 5.88 Å². The third-order valence-electron chi connectivity index (χ3n) is 5.15. The van der Waals surface area contributed by atoms with Crippen LogP contribution in [-0.4, -0.2) is 79.6 Å². The second-order valence-corrected chi connectivity index (χ2v) is 7.11. The summed E-state index contributed by atoms with van der Waals surface area (Å²) < 4.78 is 22.5. The quantitative estimate of drug-likeness (QED) is 0.581. The van der Waals surface area contributed by atoms with Crippen LogP contribution in [0, 0.1) is 0 Å². The number of nitrogens with zero attached hydrogens (tertiary/aromatic N) is 4. The fraction of sp³-hybridized carbons (Fsp3) is 0.364. The average molecular weight is 474 g/mol. The Morgan fingerprint density at radius 2 is 1.97 bits per heavy atom. The molecule has 1 fully saturated rings. The largest absolute Gasteiger partial charge is 0.493 e. The molecule has 1 aliphatic heterocycles. The van der Waals surface area contributed by atoms with Crippen molar-refractivity contribution in [2.75, 3.05) is 47.6 Å². The second kappa shape index (κ2) is 11.0. The fourth-order valence-electron chi connectivity index (χ4n) is 3.52. The molecule has 3 heterocycles. The number of ether oxygens (including phenoxy) is 4. The molecule has 2 aromatic heterocycles. The molecule has 3 aromatic rings. The number of morpholine rings is 1. The van der Waals surface area contributed by atoms with Gasteiger partial charge in [0, 0.05) is 31.5 Å². The number of carbonyl (C=O) groups excluding carboxylic acids is 1. The molecule has 0 saturated carbocycles. The minimum absolute atomic E-state index is 0. The van der Waals surface area contributed by atoms with Crippen molar-refractivity contribution in [3.63, 3.8) is 0 Å². The van der Waals surface area contributed by atoms with Gasteiger partial charge in [0.05, 0.1) is 38.6 Å². The lowest BCUT2D eigenvalue weighted by Crippen LogP contribution is -2.50. The lowest BCUT2D eigenvalue weighted by molar-refractivity contribution is -0.0354. The first-order valence-electron chi connectivity index (χ1n) is 10.2. The van der Waals surface area contributed by atoms with Crippen molar-refractivity contribution in [1.82, 2.24) is 25.2 Å². The van der Waals surface area contributed by atoms with E-state index in [-0.39, 0.29) is 32.2 Å². The van der Waals surface area contributed by atoms with E-state index in [9.17, 15) is 4.79 Å². The number of aromatic nitrogens is 3. The van der Waals surface area contributed by atoms with Gasteiger partial charge in [0.25, 0.3) is 0 Å². The number of pyridine rings is 1. The van der Waals surface area contributed by atoms with Gasteiger partial charge >= 0.3 is 6.03 Å². The molecule has 0 radical (unpaired) electrons. The van der Waals surface area contributed by atoms with Gasteiger partial charge in [0.1, 0.15) is 12.7 Å². The lowest BCUT2D eigenvalue weighted by Gasteiger charge is -2.32. The Labute approximate surface area is 198 Å². The number of hydrogen-bond acceptors (Lipinski definition) is 8. The second-order valence-electron chi connectivity index (χ2n) is 7.11. The van der Waals surface area contributed by atoms with E-state index in [1.165, 1.54) is 0 Å². The molecule has 11 heteroatoms. The maximum Gasteiger partial charge on any atom is 0.317 e. The molecule has 33 heavy (non-hydrogen) atoms. The standard InChI is InChI=1S/C22H25N5O5.H2S/c1-23-22(28)27-8-9-31-15(12-27)13-32-21-20-17(24-6-7-25-20)11-16(26-21)14-4-5-18(29-2)19(10-14)30-3;/h4-7,10-11,15H,8-9,12-13H2,1-3H3,(H,23,28);1H2/t15-;/m0./s1. The van der Waals surface area contributed by atoms with Crippen LogP contribution in [0.1, 0.15) is 0 Å². The maximum absolute atomic E-state index is 11.9. The molecular formula is C22H27N5O5S. The van der Waals surface area contributed by atoms with Crippen LogP contribution in [0.3, 0.4) is 0 Å². The van der Waals surface area contributed by atoms with Crippen molar-refractivity contribution < 1.29 is 23.7 Å². The molecule has 2 amide bonds. The van der Waals surface area contributed by atoms with Crippen LogP contribution in [0.25, 0.3) is 22.3 Å². The van der Waals surface area contributed by atoms with Crippen LogP contribution in [-0.2, 0) is 4.74 Å². The highest BCUT2D eigenvalue weighted by Crippen LogP contribution is 2.33. The highest BCUT2D eigenvalue weighted by atomic mass is 32.1. The van der Waals surface area contributed by atoms with E-state index in [0.717, 1.165) is 5.56 Å². The van der Waals surface area contributed by atoms with Crippen molar-refractivity contribution in [2.45, 2.75) is 6.10 Å². The molecule has 1 aromatic carbocycles. The number of nitrogens with one attached hydrogen (secondary N) is 1. The summed E-state index contributed by atoms with van der Waals surface area (Å²) in [7, 11) is 4.78. The van der Waals surface area contributed by atoms with Crippen LogP contribution < -0.4 is 19.5 Å². The molecule has 0 spiro atoms. The highest BCUT2D eigenvalue weighted by molar-refractivity contribution is 7.59. The van der Waals surface area contributed by atoms with Crippen LogP contribution in [0.5, 0.6) is 17.4 Å². The molecule has 1 aliphatic rings. The van der Waals surface area contributed by atoms with Gasteiger partial charge in [-0.05, 0) is 24.3 Å². The van der Waals surface area contributed by atoms with Gasteiger partial charge in [-0.25, -0.2) is 14.8 Å². The Kier molecular flexibility index (Phi) is 8.12. The predicted octanol–water partition coefficient (Wildman–Crippen LogP) is 2.24. The SMILES string of the molecule is CNC(=O)N1CCO[C@H](COc2nc(-c3ccc(OC)c(OC)c3)cc3nccnc23)C1.S. The van der Waals surface area contributed by atoms with Crippen molar-refractivity contribution in [3.05, 3.63) is 36.7 Å². The first-order chi connectivity index (χ1) is 15.6. The highest BCUT2D eigenvalue weighted by Gasteiger charge is 2.25. The third kappa shape index (κ3) is 5.37.